The Morgan fingerprint density at radius 1 is 1.77 bits per heavy atom. The molecule has 1 fully saturated rings. The van der Waals surface area contributed by atoms with Crippen LogP contribution in [0.4, 0.5) is 0 Å². The third kappa shape index (κ3) is 3.08. The zero-order valence-electron chi connectivity index (χ0n) is 7.97. The zero-order chi connectivity index (χ0) is 9.68. The molecule has 0 radical (unpaired) electrons. The minimum Gasteiger partial charge on any atom is -0.352 e. The number of hydrogen-bond donors (Lipinski definition) is 2. The van der Waals surface area contributed by atoms with Gasteiger partial charge in [-0.3, -0.25) is 4.79 Å². The number of nitrogens with one attached hydrogen (secondary N) is 2. The molecule has 0 aromatic carbocycles. The number of amides is 1. The predicted molar refractivity (Wildman–Crippen MR) is 52.0 cm³/mol. The van der Waals surface area contributed by atoms with Crippen molar-refractivity contribution in [3.8, 4) is 12.3 Å². The van der Waals surface area contributed by atoms with Gasteiger partial charge < -0.3 is 10.6 Å². The molecular weight excluding hydrogens is 164 g/mol. The second-order valence-electron chi connectivity index (χ2n) is 3.52. The number of carbonyl (C=O) groups is 1. The SMILES string of the molecule is C#CCC(=O)NC1CCNCC1C. The Labute approximate surface area is 79.3 Å². The van der Waals surface area contributed by atoms with Crippen molar-refractivity contribution < 1.29 is 4.79 Å². The van der Waals surface area contributed by atoms with Crippen molar-refractivity contribution in [3.63, 3.8) is 0 Å². The van der Waals surface area contributed by atoms with Gasteiger partial charge in [0.25, 0.3) is 0 Å². The maximum atomic E-state index is 11.2. The third-order valence-corrected chi connectivity index (χ3v) is 2.39. The van der Waals surface area contributed by atoms with Crippen LogP contribution >= 0.6 is 0 Å². The van der Waals surface area contributed by atoms with Gasteiger partial charge in [0.15, 0.2) is 0 Å². The Morgan fingerprint density at radius 2 is 2.54 bits per heavy atom. The van der Waals surface area contributed by atoms with E-state index in [1.54, 1.807) is 0 Å². The van der Waals surface area contributed by atoms with Gasteiger partial charge in [-0.1, -0.05) is 12.8 Å². The van der Waals surface area contributed by atoms with Crippen LogP contribution in [0.5, 0.6) is 0 Å². The fourth-order valence-electron chi connectivity index (χ4n) is 1.58. The Balaban J connectivity index is 2.34. The quantitative estimate of drug-likeness (QED) is 0.593. The first-order chi connectivity index (χ1) is 6.24. The van der Waals surface area contributed by atoms with Crippen molar-refractivity contribution >= 4 is 5.91 Å². The van der Waals surface area contributed by atoms with Crippen LogP contribution in [0.15, 0.2) is 0 Å². The van der Waals surface area contributed by atoms with E-state index in [0.29, 0.717) is 12.0 Å². The molecule has 1 aliphatic rings. The molecule has 0 aromatic rings. The molecule has 1 rings (SSSR count). The number of piperidine rings is 1. The standard InChI is InChI=1S/C10H16N2O/c1-3-4-10(13)12-9-5-6-11-7-8(9)2/h1,8-9,11H,4-7H2,2H3,(H,12,13). The topological polar surface area (TPSA) is 41.1 Å². The van der Waals surface area contributed by atoms with Crippen LogP contribution < -0.4 is 10.6 Å². The molecule has 0 spiro atoms. The van der Waals surface area contributed by atoms with Crippen LogP contribution in [-0.4, -0.2) is 25.0 Å². The third-order valence-electron chi connectivity index (χ3n) is 2.39. The van der Waals surface area contributed by atoms with Crippen molar-refractivity contribution in [1.82, 2.24) is 10.6 Å². The summed E-state index contributed by atoms with van der Waals surface area (Å²) in [4.78, 5) is 11.2. The monoisotopic (exact) mass is 180 g/mol. The molecule has 2 N–H and O–H groups in total. The summed E-state index contributed by atoms with van der Waals surface area (Å²) in [6, 6.07) is 0.294. The average Bonchev–Trinajstić information content (AvgIpc) is 2.09. The zero-order valence-corrected chi connectivity index (χ0v) is 7.97. The van der Waals surface area contributed by atoms with Crippen LogP contribution in [-0.2, 0) is 4.79 Å². The molecule has 3 nitrogen and oxygen atoms in total. The largest absolute Gasteiger partial charge is 0.352 e. The van der Waals surface area contributed by atoms with E-state index in [2.05, 4.69) is 23.5 Å². The Bertz CT molecular complexity index is 219. The number of terminal acetylenes is 1. The van der Waals surface area contributed by atoms with Crippen molar-refractivity contribution in [2.24, 2.45) is 5.92 Å². The summed E-state index contributed by atoms with van der Waals surface area (Å²) in [5, 5.41) is 6.23. The molecular formula is C10H16N2O. The first-order valence-corrected chi connectivity index (χ1v) is 4.67. The normalized spacial score (nSPS) is 27.7. The molecule has 2 unspecified atom stereocenters. The van der Waals surface area contributed by atoms with Gasteiger partial charge in [-0.05, 0) is 25.4 Å². The molecule has 13 heavy (non-hydrogen) atoms. The van der Waals surface area contributed by atoms with Gasteiger partial charge >= 0.3 is 0 Å². The van der Waals surface area contributed by atoms with Gasteiger partial charge in [-0.25, -0.2) is 0 Å². The molecule has 2 atom stereocenters. The van der Waals surface area contributed by atoms with Gasteiger partial charge in [0.05, 0.1) is 6.42 Å². The summed E-state index contributed by atoms with van der Waals surface area (Å²) in [5.41, 5.74) is 0. The van der Waals surface area contributed by atoms with E-state index in [0.717, 1.165) is 19.5 Å². The maximum absolute atomic E-state index is 11.2. The lowest BCUT2D eigenvalue weighted by Crippen LogP contribution is -2.48. The number of rotatable bonds is 2. The first-order valence-electron chi connectivity index (χ1n) is 4.67. The van der Waals surface area contributed by atoms with Crippen LogP contribution in [0.2, 0.25) is 0 Å². The van der Waals surface area contributed by atoms with Crippen LogP contribution in [0, 0.1) is 18.3 Å². The summed E-state index contributed by atoms with van der Waals surface area (Å²) in [7, 11) is 0. The maximum Gasteiger partial charge on any atom is 0.232 e. The highest BCUT2D eigenvalue weighted by atomic mass is 16.1. The molecule has 0 bridgehead atoms. The summed E-state index contributed by atoms with van der Waals surface area (Å²) in [6.07, 6.45) is 6.23. The summed E-state index contributed by atoms with van der Waals surface area (Å²) in [5.74, 6) is 2.81. The summed E-state index contributed by atoms with van der Waals surface area (Å²) >= 11 is 0. The Morgan fingerprint density at radius 3 is 3.15 bits per heavy atom. The van der Waals surface area contributed by atoms with E-state index in [-0.39, 0.29) is 12.3 Å². The van der Waals surface area contributed by atoms with Crippen molar-refractivity contribution in [3.05, 3.63) is 0 Å². The predicted octanol–water partition coefficient (Wildman–Crippen LogP) is 0.124. The van der Waals surface area contributed by atoms with Gasteiger partial charge in [0.2, 0.25) is 5.91 Å². The summed E-state index contributed by atoms with van der Waals surface area (Å²) < 4.78 is 0. The van der Waals surface area contributed by atoms with Crippen molar-refractivity contribution in [1.29, 1.82) is 0 Å². The fourth-order valence-corrected chi connectivity index (χ4v) is 1.58. The van der Waals surface area contributed by atoms with E-state index >= 15 is 0 Å². The van der Waals surface area contributed by atoms with Gasteiger partial charge in [0.1, 0.15) is 0 Å². The van der Waals surface area contributed by atoms with Gasteiger partial charge in [-0.15, -0.1) is 6.42 Å². The fraction of sp³-hybridized carbons (Fsp3) is 0.700. The lowest BCUT2D eigenvalue weighted by Gasteiger charge is -2.29. The highest BCUT2D eigenvalue weighted by Crippen LogP contribution is 2.09. The Hall–Kier alpha value is -1.01. The van der Waals surface area contributed by atoms with Crippen molar-refractivity contribution in [2.45, 2.75) is 25.8 Å². The van der Waals surface area contributed by atoms with E-state index in [1.807, 2.05) is 0 Å². The molecule has 0 aliphatic carbocycles. The van der Waals surface area contributed by atoms with Crippen LogP contribution in [0.3, 0.4) is 0 Å². The van der Waals surface area contributed by atoms with Crippen LogP contribution in [0.25, 0.3) is 0 Å². The van der Waals surface area contributed by atoms with E-state index in [1.165, 1.54) is 0 Å². The smallest absolute Gasteiger partial charge is 0.232 e. The molecule has 3 heteroatoms. The van der Waals surface area contributed by atoms with E-state index in [9.17, 15) is 4.79 Å². The van der Waals surface area contributed by atoms with Gasteiger partial charge in [-0.2, -0.15) is 0 Å². The van der Waals surface area contributed by atoms with Crippen molar-refractivity contribution in [2.75, 3.05) is 13.1 Å². The lowest BCUT2D eigenvalue weighted by molar-refractivity contribution is -0.121. The van der Waals surface area contributed by atoms with Crippen LogP contribution in [0.1, 0.15) is 19.8 Å². The molecule has 72 valence electrons. The van der Waals surface area contributed by atoms with E-state index in [4.69, 9.17) is 6.42 Å². The summed E-state index contributed by atoms with van der Waals surface area (Å²) in [6.45, 7) is 4.08. The molecule has 1 amide bonds. The molecule has 0 aromatic heterocycles. The minimum atomic E-state index is -0.0266. The van der Waals surface area contributed by atoms with Gasteiger partial charge in [0, 0.05) is 6.04 Å². The highest BCUT2D eigenvalue weighted by Gasteiger charge is 2.21. The average molecular weight is 180 g/mol. The number of hydrogen-bond acceptors (Lipinski definition) is 2. The molecule has 1 saturated heterocycles. The lowest BCUT2D eigenvalue weighted by atomic mass is 9.95. The van der Waals surface area contributed by atoms with E-state index < -0.39 is 0 Å². The highest BCUT2D eigenvalue weighted by molar-refractivity contribution is 5.78. The second kappa shape index (κ2) is 4.88. The molecule has 1 heterocycles. The number of carbonyl (C=O) groups excluding carboxylic acids is 1. The Kier molecular flexibility index (Phi) is 3.78. The first kappa shape index (κ1) is 10.1. The molecule has 0 saturated carbocycles. The molecule has 1 aliphatic heterocycles. The minimum absolute atomic E-state index is 0.0266. The second-order valence-corrected chi connectivity index (χ2v) is 3.52.